The predicted molar refractivity (Wildman–Crippen MR) is 51.4 cm³/mol. The second-order valence-corrected chi connectivity index (χ2v) is 4.39. The fraction of sp³-hybridized carbons (Fsp3) is 0.800. The summed E-state index contributed by atoms with van der Waals surface area (Å²) in [4.78, 5) is 22.1. The van der Waals surface area contributed by atoms with E-state index in [1.807, 2.05) is 0 Å². The number of hydrogen-bond acceptors (Lipinski definition) is 3. The highest BCUT2D eigenvalue weighted by atomic mass is 16.2. The highest BCUT2D eigenvalue weighted by Crippen LogP contribution is 2.36. The number of hydrogen-bond donors (Lipinski definition) is 2. The molecule has 1 saturated heterocycles. The molecular formula is C10H16N2O2. The van der Waals surface area contributed by atoms with Crippen molar-refractivity contribution in [3.8, 4) is 0 Å². The summed E-state index contributed by atoms with van der Waals surface area (Å²) in [6.45, 7) is 3.04. The van der Waals surface area contributed by atoms with E-state index in [1.54, 1.807) is 0 Å². The fourth-order valence-electron chi connectivity index (χ4n) is 1.88. The summed E-state index contributed by atoms with van der Waals surface area (Å²) in [5, 5.41) is 5.45. The first-order valence-corrected chi connectivity index (χ1v) is 5.24. The zero-order valence-electron chi connectivity index (χ0n) is 8.38. The van der Waals surface area contributed by atoms with Crippen LogP contribution in [-0.4, -0.2) is 24.4 Å². The average Bonchev–Trinajstić information content (AvgIpc) is 2.90. The minimum absolute atomic E-state index is 0.161. The summed E-state index contributed by atoms with van der Waals surface area (Å²) in [6.07, 6.45) is 2.94. The van der Waals surface area contributed by atoms with Gasteiger partial charge < -0.3 is 5.32 Å². The lowest BCUT2D eigenvalue weighted by Crippen LogP contribution is -2.38. The molecule has 0 bridgehead atoms. The Labute approximate surface area is 83.4 Å². The number of amides is 2. The molecule has 2 atom stereocenters. The third-order valence-corrected chi connectivity index (χ3v) is 3.08. The van der Waals surface area contributed by atoms with Gasteiger partial charge in [-0.1, -0.05) is 6.92 Å². The number of carbonyl (C=O) groups is 2. The molecule has 78 valence electrons. The van der Waals surface area contributed by atoms with Gasteiger partial charge in [-0.3, -0.25) is 14.9 Å². The van der Waals surface area contributed by atoms with Gasteiger partial charge in [-0.15, -0.1) is 0 Å². The van der Waals surface area contributed by atoms with E-state index in [-0.39, 0.29) is 17.9 Å². The SMILES string of the molecule is CC(CNC1CC(=O)NC1=O)C1CC1. The van der Waals surface area contributed by atoms with Crippen molar-refractivity contribution in [1.29, 1.82) is 0 Å². The Kier molecular flexibility index (Phi) is 2.54. The molecule has 0 aromatic rings. The zero-order chi connectivity index (χ0) is 10.1. The molecular weight excluding hydrogens is 180 g/mol. The van der Waals surface area contributed by atoms with Crippen molar-refractivity contribution < 1.29 is 9.59 Å². The first kappa shape index (κ1) is 9.65. The molecule has 0 spiro atoms. The molecule has 4 heteroatoms. The van der Waals surface area contributed by atoms with Crippen molar-refractivity contribution in [3.63, 3.8) is 0 Å². The largest absolute Gasteiger partial charge is 0.305 e. The molecule has 2 aliphatic rings. The van der Waals surface area contributed by atoms with E-state index in [1.165, 1.54) is 12.8 Å². The van der Waals surface area contributed by atoms with E-state index in [2.05, 4.69) is 17.6 Å². The van der Waals surface area contributed by atoms with Crippen LogP contribution in [0.4, 0.5) is 0 Å². The molecule has 2 fully saturated rings. The Balaban J connectivity index is 1.74. The highest BCUT2D eigenvalue weighted by molar-refractivity contribution is 6.05. The average molecular weight is 196 g/mol. The Bertz CT molecular complexity index is 261. The van der Waals surface area contributed by atoms with Crippen LogP contribution in [0.3, 0.4) is 0 Å². The Morgan fingerprint density at radius 2 is 2.21 bits per heavy atom. The van der Waals surface area contributed by atoms with Crippen molar-refractivity contribution in [3.05, 3.63) is 0 Å². The van der Waals surface area contributed by atoms with Crippen LogP contribution < -0.4 is 10.6 Å². The fourth-order valence-corrected chi connectivity index (χ4v) is 1.88. The molecule has 14 heavy (non-hydrogen) atoms. The van der Waals surface area contributed by atoms with Gasteiger partial charge in [0.2, 0.25) is 11.8 Å². The summed E-state index contributed by atoms with van der Waals surface area (Å²) >= 11 is 0. The molecule has 0 aromatic carbocycles. The summed E-state index contributed by atoms with van der Waals surface area (Å²) in [5.41, 5.74) is 0. The highest BCUT2D eigenvalue weighted by Gasteiger charge is 2.32. The predicted octanol–water partition coefficient (Wildman–Crippen LogP) is 0.0372. The van der Waals surface area contributed by atoms with Crippen molar-refractivity contribution in [1.82, 2.24) is 10.6 Å². The molecule has 2 N–H and O–H groups in total. The van der Waals surface area contributed by atoms with E-state index in [0.717, 1.165) is 12.5 Å². The van der Waals surface area contributed by atoms with Crippen molar-refractivity contribution in [2.75, 3.05) is 6.54 Å². The van der Waals surface area contributed by atoms with Crippen molar-refractivity contribution >= 4 is 11.8 Å². The Morgan fingerprint density at radius 1 is 1.50 bits per heavy atom. The summed E-state index contributed by atoms with van der Waals surface area (Å²) in [5.74, 6) is 1.13. The zero-order valence-corrected chi connectivity index (χ0v) is 8.38. The number of imide groups is 1. The van der Waals surface area contributed by atoms with Gasteiger partial charge >= 0.3 is 0 Å². The van der Waals surface area contributed by atoms with Gasteiger partial charge in [0.15, 0.2) is 0 Å². The topological polar surface area (TPSA) is 58.2 Å². The van der Waals surface area contributed by atoms with Crippen LogP contribution in [0.25, 0.3) is 0 Å². The number of rotatable bonds is 4. The molecule has 4 nitrogen and oxygen atoms in total. The second-order valence-electron chi connectivity index (χ2n) is 4.39. The van der Waals surface area contributed by atoms with E-state index < -0.39 is 0 Å². The third kappa shape index (κ3) is 2.12. The van der Waals surface area contributed by atoms with Crippen LogP contribution in [-0.2, 0) is 9.59 Å². The number of nitrogens with one attached hydrogen (secondary N) is 2. The van der Waals surface area contributed by atoms with Crippen LogP contribution in [0.5, 0.6) is 0 Å². The summed E-state index contributed by atoms with van der Waals surface area (Å²) in [7, 11) is 0. The van der Waals surface area contributed by atoms with Crippen LogP contribution >= 0.6 is 0 Å². The van der Waals surface area contributed by atoms with Gasteiger partial charge in [0, 0.05) is 0 Å². The lowest BCUT2D eigenvalue weighted by atomic mass is 10.1. The molecule has 1 heterocycles. The normalized spacial score (nSPS) is 29.1. The van der Waals surface area contributed by atoms with Gasteiger partial charge in [0.05, 0.1) is 12.5 Å². The van der Waals surface area contributed by atoms with E-state index >= 15 is 0 Å². The quantitative estimate of drug-likeness (QED) is 0.624. The molecule has 1 aliphatic heterocycles. The maximum absolute atomic E-state index is 11.2. The minimum Gasteiger partial charge on any atom is -0.305 e. The monoisotopic (exact) mass is 196 g/mol. The van der Waals surface area contributed by atoms with Crippen LogP contribution in [0, 0.1) is 11.8 Å². The van der Waals surface area contributed by atoms with Gasteiger partial charge in [-0.25, -0.2) is 0 Å². The maximum Gasteiger partial charge on any atom is 0.244 e. The van der Waals surface area contributed by atoms with Gasteiger partial charge in [0.25, 0.3) is 0 Å². The standard InChI is InChI=1S/C10H16N2O2/c1-6(7-2-3-7)5-11-8-4-9(13)12-10(8)14/h6-8,11H,2-5H2,1H3,(H,12,13,14). The molecule has 2 unspecified atom stereocenters. The summed E-state index contributed by atoms with van der Waals surface area (Å²) in [6, 6.07) is -0.288. The Morgan fingerprint density at radius 3 is 2.71 bits per heavy atom. The van der Waals surface area contributed by atoms with E-state index in [9.17, 15) is 9.59 Å². The van der Waals surface area contributed by atoms with Crippen molar-refractivity contribution in [2.24, 2.45) is 11.8 Å². The smallest absolute Gasteiger partial charge is 0.244 e. The lowest BCUT2D eigenvalue weighted by molar-refractivity contribution is -0.125. The molecule has 2 amide bonds. The maximum atomic E-state index is 11.2. The van der Waals surface area contributed by atoms with Crippen LogP contribution in [0.15, 0.2) is 0 Å². The molecule has 2 rings (SSSR count). The van der Waals surface area contributed by atoms with Gasteiger partial charge in [0.1, 0.15) is 0 Å². The number of carbonyl (C=O) groups excluding carboxylic acids is 2. The van der Waals surface area contributed by atoms with E-state index in [4.69, 9.17) is 0 Å². The van der Waals surface area contributed by atoms with Crippen molar-refractivity contribution in [2.45, 2.75) is 32.2 Å². The molecule has 1 saturated carbocycles. The molecule has 0 aromatic heterocycles. The van der Waals surface area contributed by atoms with E-state index in [0.29, 0.717) is 12.3 Å². The molecule has 1 aliphatic carbocycles. The Hall–Kier alpha value is -0.900. The second kappa shape index (κ2) is 3.69. The minimum atomic E-state index is -0.288. The third-order valence-electron chi connectivity index (χ3n) is 3.08. The first-order valence-electron chi connectivity index (χ1n) is 5.24. The summed E-state index contributed by atoms with van der Waals surface area (Å²) < 4.78 is 0. The van der Waals surface area contributed by atoms with Gasteiger partial charge in [-0.2, -0.15) is 0 Å². The van der Waals surface area contributed by atoms with Gasteiger partial charge in [-0.05, 0) is 31.2 Å². The van der Waals surface area contributed by atoms with Crippen LogP contribution in [0.2, 0.25) is 0 Å². The van der Waals surface area contributed by atoms with Crippen LogP contribution in [0.1, 0.15) is 26.2 Å². The lowest BCUT2D eigenvalue weighted by Gasteiger charge is -2.13. The first-order chi connectivity index (χ1) is 6.66. The molecule has 0 radical (unpaired) electrons.